The molecule has 2 aromatic heterocycles. The van der Waals surface area contributed by atoms with Gasteiger partial charge in [-0.3, -0.25) is 14.8 Å². The predicted octanol–water partition coefficient (Wildman–Crippen LogP) is 3.75. The number of rotatable bonds is 4. The van der Waals surface area contributed by atoms with Crippen LogP contribution in [-0.2, 0) is 16.7 Å². The summed E-state index contributed by atoms with van der Waals surface area (Å²) in [6.45, 7) is 1.93. The molecule has 0 aliphatic carbocycles. The first-order valence-electron chi connectivity index (χ1n) is 8.25. The molecule has 1 N–H and O–H groups in total. The second-order valence-corrected chi connectivity index (χ2v) is 7.95. The fourth-order valence-electron chi connectivity index (χ4n) is 2.85. The molecule has 3 heterocycles. The first-order valence-corrected chi connectivity index (χ1v) is 9.92. The highest BCUT2D eigenvalue weighted by molar-refractivity contribution is 9.10. The minimum Gasteiger partial charge on any atom is -0.382 e. The van der Waals surface area contributed by atoms with E-state index in [2.05, 4.69) is 36.5 Å². The molecule has 1 aliphatic heterocycles. The Hall–Kier alpha value is -2.52. The normalized spacial score (nSPS) is 16.1. The average molecular weight is 446 g/mol. The van der Waals surface area contributed by atoms with Crippen molar-refractivity contribution < 1.29 is 9.63 Å². The van der Waals surface area contributed by atoms with Gasteiger partial charge in [0.15, 0.2) is 5.13 Å². The van der Waals surface area contributed by atoms with Crippen molar-refractivity contribution in [3.05, 3.63) is 51.6 Å². The van der Waals surface area contributed by atoms with Gasteiger partial charge >= 0.3 is 0 Å². The van der Waals surface area contributed by atoms with Gasteiger partial charge in [-0.2, -0.15) is 5.10 Å². The first-order chi connectivity index (χ1) is 13.0. The van der Waals surface area contributed by atoms with Crippen molar-refractivity contribution in [2.45, 2.75) is 19.4 Å². The van der Waals surface area contributed by atoms with E-state index in [0.29, 0.717) is 11.6 Å². The molecule has 7 nitrogen and oxygen atoms in total. The maximum atomic E-state index is 12.5. The van der Waals surface area contributed by atoms with Gasteiger partial charge in [0.25, 0.3) is 5.91 Å². The fraction of sp³-hybridized carbons (Fsp3) is 0.222. The van der Waals surface area contributed by atoms with Crippen LogP contribution in [-0.4, -0.2) is 32.5 Å². The zero-order chi connectivity index (χ0) is 19.0. The van der Waals surface area contributed by atoms with Crippen LogP contribution >= 0.6 is 27.3 Å². The number of aromatic nitrogens is 3. The minimum absolute atomic E-state index is 0.257. The summed E-state index contributed by atoms with van der Waals surface area (Å²) in [4.78, 5) is 22.3. The van der Waals surface area contributed by atoms with Crippen LogP contribution in [0, 0.1) is 6.92 Å². The van der Waals surface area contributed by atoms with E-state index >= 15 is 0 Å². The van der Waals surface area contributed by atoms with Gasteiger partial charge in [0.1, 0.15) is 0 Å². The quantitative estimate of drug-likeness (QED) is 0.662. The summed E-state index contributed by atoms with van der Waals surface area (Å²) in [6.07, 6.45) is 1.67. The summed E-state index contributed by atoms with van der Waals surface area (Å²) in [5.74, 6) is -0.257. The Morgan fingerprint density at radius 3 is 3.04 bits per heavy atom. The van der Waals surface area contributed by atoms with E-state index in [-0.39, 0.29) is 5.91 Å². The van der Waals surface area contributed by atoms with E-state index < -0.39 is 6.10 Å². The van der Waals surface area contributed by atoms with Gasteiger partial charge < -0.3 is 4.84 Å². The number of carbonyl (C=O) groups is 1. The van der Waals surface area contributed by atoms with Gasteiger partial charge in [-0.1, -0.05) is 33.2 Å². The van der Waals surface area contributed by atoms with Crippen LogP contribution in [0.2, 0.25) is 0 Å². The van der Waals surface area contributed by atoms with Crippen LogP contribution in [0.4, 0.5) is 5.13 Å². The molecule has 4 rings (SSSR count). The summed E-state index contributed by atoms with van der Waals surface area (Å²) >= 11 is 4.81. The van der Waals surface area contributed by atoms with Crippen molar-refractivity contribution in [3.63, 3.8) is 0 Å². The largest absolute Gasteiger partial charge is 0.382 e. The maximum absolute atomic E-state index is 12.5. The van der Waals surface area contributed by atoms with Crippen LogP contribution in [0.25, 0.3) is 11.3 Å². The SMILES string of the molecule is Cc1nn(C)cc1-c1csc(NC(=O)C2CC(c3cccc(Br)c3)=NO2)n1. The van der Waals surface area contributed by atoms with Gasteiger partial charge in [0.2, 0.25) is 6.10 Å². The number of halogens is 1. The van der Waals surface area contributed by atoms with Crippen LogP contribution in [0.5, 0.6) is 0 Å². The highest BCUT2D eigenvalue weighted by Gasteiger charge is 2.29. The van der Waals surface area contributed by atoms with E-state index in [9.17, 15) is 4.79 Å². The fourth-order valence-corrected chi connectivity index (χ4v) is 3.96. The number of carbonyl (C=O) groups excluding carboxylic acids is 1. The van der Waals surface area contributed by atoms with Crippen molar-refractivity contribution in [1.82, 2.24) is 14.8 Å². The monoisotopic (exact) mass is 445 g/mol. The third-order valence-corrected chi connectivity index (χ3v) is 5.39. The molecule has 0 bridgehead atoms. The second-order valence-electron chi connectivity index (χ2n) is 6.18. The average Bonchev–Trinajstić information content (AvgIpc) is 3.35. The predicted molar refractivity (Wildman–Crippen MR) is 108 cm³/mol. The van der Waals surface area contributed by atoms with Crippen LogP contribution < -0.4 is 5.32 Å². The minimum atomic E-state index is -0.661. The molecule has 27 heavy (non-hydrogen) atoms. The number of hydrogen-bond donors (Lipinski definition) is 1. The lowest BCUT2D eigenvalue weighted by Crippen LogP contribution is -2.28. The van der Waals surface area contributed by atoms with E-state index in [4.69, 9.17) is 4.84 Å². The molecule has 0 radical (unpaired) electrons. The van der Waals surface area contributed by atoms with Gasteiger partial charge in [0, 0.05) is 40.6 Å². The standard InChI is InChI=1S/C18H16BrN5O2S/c1-10-13(8-24(2)22-10)15-9-27-18(20-15)21-17(25)16-7-14(23-26-16)11-4-3-5-12(19)6-11/h3-6,8-9,16H,7H2,1-2H3,(H,20,21,25). The molecule has 0 fully saturated rings. The van der Waals surface area contributed by atoms with Gasteiger partial charge in [-0.25, -0.2) is 4.98 Å². The highest BCUT2D eigenvalue weighted by atomic mass is 79.9. The molecule has 1 unspecified atom stereocenters. The number of oxime groups is 1. The Morgan fingerprint density at radius 1 is 1.44 bits per heavy atom. The van der Waals surface area contributed by atoms with Gasteiger partial charge in [-0.05, 0) is 19.1 Å². The Morgan fingerprint density at radius 2 is 2.30 bits per heavy atom. The zero-order valence-electron chi connectivity index (χ0n) is 14.6. The van der Waals surface area contributed by atoms with Gasteiger partial charge in [0.05, 0.1) is 17.1 Å². The molecule has 1 amide bonds. The van der Waals surface area contributed by atoms with Crippen molar-refractivity contribution >= 4 is 44.0 Å². The van der Waals surface area contributed by atoms with Crippen LogP contribution in [0.15, 0.2) is 45.5 Å². The molecular weight excluding hydrogens is 430 g/mol. The third-order valence-electron chi connectivity index (χ3n) is 4.14. The summed E-state index contributed by atoms with van der Waals surface area (Å²) in [6, 6.07) is 7.75. The third kappa shape index (κ3) is 3.79. The lowest BCUT2D eigenvalue weighted by molar-refractivity contribution is -0.125. The molecule has 9 heteroatoms. The van der Waals surface area contributed by atoms with Crippen molar-refractivity contribution in [1.29, 1.82) is 0 Å². The highest BCUT2D eigenvalue weighted by Crippen LogP contribution is 2.27. The molecule has 3 aromatic rings. The zero-order valence-corrected chi connectivity index (χ0v) is 17.0. The Bertz CT molecular complexity index is 1040. The van der Waals surface area contributed by atoms with E-state index in [1.54, 1.807) is 4.68 Å². The summed E-state index contributed by atoms with van der Waals surface area (Å²) < 4.78 is 2.70. The van der Waals surface area contributed by atoms with Crippen molar-refractivity contribution in [3.8, 4) is 11.3 Å². The molecule has 1 atom stereocenters. The molecule has 138 valence electrons. The Balaban J connectivity index is 1.41. The number of thiazole rings is 1. The number of hydrogen-bond acceptors (Lipinski definition) is 6. The topological polar surface area (TPSA) is 81.4 Å². The molecule has 1 aromatic carbocycles. The lowest BCUT2D eigenvalue weighted by atomic mass is 10.1. The Labute approximate surface area is 168 Å². The van der Waals surface area contributed by atoms with Crippen molar-refractivity contribution in [2.24, 2.45) is 12.2 Å². The molecular formula is C18H16BrN5O2S. The number of aryl methyl sites for hydroxylation is 2. The second kappa shape index (κ2) is 7.24. The smallest absolute Gasteiger partial charge is 0.270 e. The summed E-state index contributed by atoms with van der Waals surface area (Å²) in [5, 5.41) is 13.6. The first kappa shape index (κ1) is 17.9. The maximum Gasteiger partial charge on any atom is 0.270 e. The van der Waals surface area contributed by atoms with Crippen LogP contribution in [0.1, 0.15) is 17.7 Å². The molecule has 0 spiro atoms. The molecule has 0 saturated carbocycles. The van der Waals surface area contributed by atoms with Crippen molar-refractivity contribution in [2.75, 3.05) is 5.32 Å². The number of benzene rings is 1. The van der Waals surface area contributed by atoms with E-state index in [1.807, 2.05) is 49.8 Å². The van der Waals surface area contributed by atoms with Gasteiger partial charge in [-0.15, -0.1) is 11.3 Å². The summed E-state index contributed by atoms with van der Waals surface area (Å²) in [5.41, 5.74) is 4.32. The number of amides is 1. The van der Waals surface area contributed by atoms with E-state index in [1.165, 1.54) is 11.3 Å². The van der Waals surface area contributed by atoms with E-state index in [0.717, 1.165) is 32.7 Å². The summed E-state index contributed by atoms with van der Waals surface area (Å²) in [7, 11) is 1.87. The number of anilines is 1. The lowest BCUT2D eigenvalue weighted by Gasteiger charge is -2.07. The molecule has 1 aliphatic rings. The number of nitrogens with one attached hydrogen (secondary N) is 1. The molecule has 0 saturated heterocycles. The Kier molecular flexibility index (Phi) is 4.79. The number of nitrogens with zero attached hydrogens (tertiary/aromatic N) is 4. The van der Waals surface area contributed by atoms with Crippen LogP contribution in [0.3, 0.4) is 0 Å².